The largest absolute Gasteiger partial charge is 0.497 e. The highest BCUT2D eigenvalue weighted by molar-refractivity contribution is 5.91. The van der Waals surface area contributed by atoms with Crippen LogP contribution < -0.4 is 4.74 Å². The van der Waals surface area contributed by atoms with Crippen molar-refractivity contribution < 1.29 is 14.4 Å². The summed E-state index contributed by atoms with van der Waals surface area (Å²) in [6.07, 6.45) is 1.51. The van der Waals surface area contributed by atoms with Gasteiger partial charge in [-0.3, -0.25) is 0 Å². The van der Waals surface area contributed by atoms with E-state index in [0.29, 0.717) is 0 Å². The van der Waals surface area contributed by atoms with Gasteiger partial charge in [0.15, 0.2) is 0 Å². The molecule has 0 saturated heterocycles. The van der Waals surface area contributed by atoms with Crippen molar-refractivity contribution in [2.45, 2.75) is 6.92 Å². The zero-order valence-corrected chi connectivity index (χ0v) is 10.2. The quantitative estimate of drug-likeness (QED) is 0.473. The first-order valence-electron chi connectivity index (χ1n) is 5.48. The SMILES string of the molecule is COc1ccc2cc(/C=N\OC(C)=O)ccc2c1. The summed E-state index contributed by atoms with van der Waals surface area (Å²) in [5.41, 5.74) is 0.869. The summed E-state index contributed by atoms with van der Waals surface area (Å²) in [5.74, 6) is 0.389. The fourth-order valence-electron chi connectivity index (χ4n) is 1.61. The molecule has 2 aromatic carbocycles. The maximum absolute atomic E-state index is 10.6. The minimum atomic E-state index is -0.434. The number of rotatable bonds is 3. The first-order valence-corrected chi connectivity index (χ1v) is 5.48. The van der Waals surface area contributed by atoms with E-state index in [1.54, 1.807) is 7.11 Å². The monoisotopic (exact) mass is 243 g/mol. The molecule has 0 aliphatic carbocycles. The zero-order valence-electron chi connectivity index (χ0n) is 10.2. The summed E-state index contributed by atoms with van der Waals surface area (Å²) in [6.45, 7) is 1.31. The van der Waals surface area contributed by atoms with Gasteiger partial charge in [-0.15, -0.1) is 0 Å². The summed E-state index contributed by atoms with van der Waals surface area (Å²) in [6, 6.07) is 11.7. The molecule has 0 amide bonds. The molecular weight excluding hydrogens is 230 g/mol. The van der Waals surface area contributed by atoms with Gasteiger partial charge in [0.2, 0.25) is 0 Å². The molecule has 0 radical (unpaired) electrons. The van der Waals surface area contributed by atoms with E-state index >= 15 is 0 Å². The molecule has 0 N–H and O–H groups in total. The van der Waals surface area contributed by atoms with Crippen LogP contribution in [0.1, 0.15) is 12.5 Å². The lowest BCUT2D eigenvalue weighted by Gasteiger charge is -2.03. The fraction of sp³-hybridized carbons (Fsp3) is 0.143. The van der Waals surface area contributed by atoms with Gasteiger partial charge < -0.3 is 9.57 Å². The standard InChI is InChI=1S/C14H13NO3/c1-10(16)18-15-9-11-3-4-13-8-14(17-2)6-5-12(13)7-11/h3-9H,1-2H3/b15-9-. The predicted molar refractivity (Wildman–Crippen MR) is 69.9 cm³/mol. The minimum absolute atomic E-state index is 0.434. The third kappa shape index (κ3) is 2.85. The number of benzene rings is 2. The van der Waals surface area contributed by atoms with Crippen LogP contribution >= 0.6 is 0 Å². The number of fused-ring (bicyclic) bond motifs is 1. The lowest BCUT2D eigenvalue weighted by molar-refractivity contribution is -0.140. The predicted octanol–water partition coefficient (Wildman–Crippen LogP) is 2.75. The van der Waals surface area contributed by atoms with Crippen LogP contribution in [-0.2, 0) is 9.63 Å². The number of carbonyl (C=O) groups is 1. The van der Waals surface area contributed by atoms with Crippen LogP contribution in [-0.4, -0.2) is 19.3 Å². The molecule has 2 rings (SSSR count). The van der Waals surface area contributed by atoms with E-state index in [1.165, 1.54) is 13.1 Å². The lowest BCUT2D eigenvalue weighted by Crippen LogP contribution is -1.91. The first kappa shape index (κ1) is 12.1. The molecule has 0 saturated carbocycles. The van der Waals surface area contributed by atoms with E-state index in [4.69, 9.17) is 4.74 Å². The van der Waals surface area contributed by atoms with E-state index in [0.717, 1.165) is 22.1 Å². The van der Waals surface area contributed by atoms with Crippen LogP contribution in [0.3, 0.4) is 0 Å². The van der Waals surface area contributed by atoms with Gasteiger partial charge >= 0.3 is 5.97 Å². The van der Waals surface area contributed by atoms with Crippen LogP contribution in [0.15, 0.2) is 41.6 Å². The third-order valence-electron chi connectivity index (χ3n) is 2.45. The van der Waals surface area contributed by atoms with Crippen molar-refractivity contribution in [3.05, 3.63) is 42.0 Å². The van der Waals surface area contributed by atoms with Crippen LogP contribution in [0.5, 0.6) is 5.75 Å². The summed E-state index contributed by atoms with van der Waals surface area (Å²) in [7, 11) is 1.64. The number of hydrogen-bond acceptors (Lipinski definition) is 4. The normalized spacial score (nSPS) is 10.8. The zero-order chi connectivity index (χ0) is 13.0. The summed E-state index contributed by atoms with van der Waals surface area (Å²) in [4.78, 5) is 15.1. The van der Waals surface area contributed by atoms with Gasteiger partial charge in [-0.05, 0) is 34.5 Å². The van der Waals surface area contributed by atoms with Crippen molar-refractivity contribution >= 4 is 23.0 Å². The van der Waals surface area contributed by atoms with Crippen molar-refractivity contribution in [2.75, 3.05) is 7.11 Å². The van der Waals surface area contributed by atoms with E-state index in [2.05, 4.69) is 9.99 Å². The second-order valence-electron chi connectivity index (χ2n) is 3.79. The Morgan fingerprint density at radius 2 is 1.89 bits per heavy atom. The van der Waals surface area contributed by atoms with Gasteiger partial charge in [-0.1, -0.05) is 23.4 Å². The maximum Gasteiger partial charge on any atom is 0.331 e. The molecule has 4 heteroatoms. The highest BCUT2D eigenvalue weighted by Crippen LogP contribution is 2.21. The first-order chi connectivity index (χ1) is 8.69. The molecule has 0 aliphatic heterocycles. The van der Waals surface area contributed by atoms with Gasteiger partial charge in [-0.25, -0.2) is 4.79 Å². The molecule has 92 valence electrons. The van der Waals surface area contributed by atoms with Crippen molar-refractivity contribution in [1.82, 2.24) is 0 Å². The van der Waals surface area contributed by atoms with Crippen LogP contribution in [0.4, 0.5) is 0 Å². The number of methoxy groups -OCH3 is 1. The third-order valence-corrected chi connectivity index (χ3v) is 2.45. The van der Waals surface area contributed by atoms with Crippen LogP contribution in [0, 0.1) is 0 Å². The Bertz CT molecular complexity index is 605. The molecule has 0 aromatic heterocycles. The topological polar surface area (TPSA) is 47.9 Å². The van der Waals surface area contributed by atoms with Crippen molar-refractivity contribution in [1.29, 1.82) is 0 Å². The molecule has 0 fully saturated rings. The summed E-state index contributed by atoms with van der Waals surface area (Å²) < 4.78 is 5.16. The second-order valence-corrected chi connectivity index (χ2v) is 3.79. The van der Waals surface area contributed by atoms with Crippen molar-refractivity contribution in [2.24, 2.45) is 5.16 Å². The Labute approximate surface area is 105 Å². The van der Waals surface area contributed by atoms with Gasteiger partial charge in [0.25, 0.3) is 0 Å². The average Bonchev–Trinajstić information content (AvgIpc) is 2.37. The van der Waals surface area contributed by atoms with Gasteiger partial charge in [0.05, 0.1) is 13.3 Å². The number of carbonyl (C=O) groups excluding carboxylic acids is 1. The molecule has 0 heterocycles. The molecule has 18 heavy (non-hydrogen) atoms. The number of hydrogen-bond donors (Lipinski definition) is 0. The van der Waals surface area contributed by atoms with E-state index < -0.39 is 5.97 Å². The Hall–Kier alpha value is -2.36. The van der Waals surface area contributed by atoms with Crippen molar-refractivity contribution in [3.63, 3.8) is 0 Å². The average molecular weight is 243 g/mol. The highest BCUT2D eigenvalue weighted by Gasteiger charge is 1.97. The Balaban J connectivity index is 2.27. The van der Waals surface area contributed by atoms with E-state index in [9.17, 15) is 4.79 Å². The maximum atomic E-state index is 10.6. The Kier molecular flexibility index (Phi) is 3.57. The van der Waals surface area contributed by atoms with Crippen LogP contribution in [0.2, 0.25) is 0 Å². The molecule has 0 bridgehead atoms. The molecule has 4 nitrogen and oxygen atoms in total. The summed E-state index contributed by atoms with van der Waals surface area (Å²) in [5, 5.41) is 5.74. The van der Waals surface area contributed by atoms with E-state index in [1.807, 2.05) is 36.4 Å². The van der Waals surface area contributed by atoms with Gasteiger partial charge in [0.1, 0.15) is 5.75 Å². The fourth-order valence-corrected chi connectivity index (χ4v) is 1.61. The van der Waals surface area contributed by atoms with Crippen molar-refractivity contribution in [3.8, 4) is 5.75 Å². The number of ether oxygens (including phenoxy) is 1. The van der Waals surface area contributed by atoms with Gasteiger partial charge in [-0.2, -0.15) is 0 Å². The highest BCUT2D eigenvalue weighted by atomic mass is 16.7. The number of nitrogens with zero attached hydrogens (tertiary/aromatic N) is 1. The lowest BCUT2D eigenvalue weighted by atomic mass is 10.1. The van der Waals surface area contributed by atoms with E-state index in [-0.39, 0.29) is 0 Å². The van der Waals surface area contributed by atoms with Crippen LogP contribution in [0.25, 0.3) is 10.8 Å². The molecule has 2 aromatic rings. The van der Waals surface area contributed by atoms with Gasteiger partial charge in [0, 0.05) is 6.92 Å². The second kappa shape index (κ2) is 5.31. The molecule has 0 unspecified atom stereocenters. The molecule has 0 aliphatic rings. The minimum Gasteiger partial charge on any atom is -0.497 e. The summed E-state index contributed by atoms with van der Waals surface area (Å²) >= 11 is 0. The smallest absolute Gasteiger partial charge is 0.331 e. The molecule has 0 atom stereocenters. The molecular formula is C14H13NO3. The number of oxime groups is 1. The Morgan fingerprint density at radius 3 is 2.61 bits per heavy atom. The Morgan fingerprint density at radius 1 is 1.17 bits per heavy atom. The molecule has 0 spiro atoms.